The molecule has 0 aliphatic heterocycles. The zero-order valence-corrected chi connectivity index (χ0v) is 13.3. The molecule has 0 spiro atoms. The normalized spacial score (nSPS) is 16.5. The van der Waals surface area contributed by atoms with Gasteiger partial charge in [0.1, 0.15) is 0 Å². The minimum Gasteiger partial charge on any atom is -0.309 e. The van der Waals surface area contributed by atoms with Crippen LogP contribution in [0.5, 0.6) is 0 Å². The van der Waals surface area contributed by atoms with Crippen molar-refractivity contribution in [1.29, 1.82) is 0 Å². The molecule has 1 nitrogen and oxygen atoms in total. The van der Waals surface area contributed by atoms with Gasteiger partial charge in [-0.15, -0.1) is 0 Å². The van der Waals surface area contributed by atoms with Crippen LogP contribution in [0.4, 0.5) is 0 Å². The summed E-state index contributed by atoms with van der Waals surface area (Å²) in [7, 11) is 2.05. The molecule has 1 atom stereocenters. The highest BCUT2D eigenvalue weighted by molar-refractivity contribution is 5.41. The zero-order valence-electron chi connectivity index (χ0n) is 13.3. The maximum atomic E-state index is 3.48. The summed E-state index contributed by atoms with van der Waals surface area (Å²) in [6.07, 6.45) is 4.13. The van der Waals surface area contributed by atoms with E-state index in [1.165, 1.54) is 47.1 Å². The van der Waals surface area contributed by atoms with E-state index in [0.717, 1.165) is 5.92 Å². The number of rotatable bonds is 4. The number of nitrogens with one attached hydrogen (secondary N) is 1. The van der Waals surface area contributed by atoms with Crippen molar-refractivity contribution >= 4 is 0 Å². The lowest BCUT2D eigenvalue weighted by Crippen LogP contribution is -2.19. The van der Waals surface area contributed by atoms with Crippen molar-refractivity contribution in [3.8, 4) is 0 Å². The molecular formula is C20H25N. The Balaban J connectivity index is 1.90. The summed E-state index contributed by atoms with van der Waals surface area (Å²) in [6, 6.07) is 16.1. The SMILES string of the molecule is CNC(c1ccc(C2CCC2)cc1)c1cccc(C)c1C. The van der Waals surface area contributed by atoms with Crippen LogP contribution in [-0.4, -0.2) is 7.05 Å². The lowest BCUT2D eigenvalue weighted by atomic mass is 9.79. The maximum absolute atomic E-state index is 3.48. The molecule has 1 aliphatic rings. The van der Waals surface area contributed by atoms with Crippen LogP contribution in [0.3, 0.4) is 0 Å². The molecular weight excluding hydrogens is 254 g/mol. The van der Waals surface area contributed by atoms with Crippen molar-refractivity contribution in [2.75, 3.05) is 7.05 Å². The van der Waals surface area contributed by atoms with Gasteiger partial charge >= 0.3 is 0 Å². The molecule has 0 radical (unpaired) electrons. The Hall–Kier alpha value is -1.60. The molecule has 1 N–H and O–H groups in total. The van der Waals surface area contributed by atoms with Crippen LogP contribution in [-0.2, 0) is 0 Å². The molecule has 1 aliphatic carbocycles. The monoisotopic (exact) mass is 279 g/mol. The molecule has 3 rings (SSSR count). The van der Waals surface area contributed by atoms with Crippen molar-refractivity contribution < 1.29 is 0 Å². The second kappa shape index (κ2) is 6.03. The highest BCUT2D eigenvalue weighted by Crippen LogP contribution is 2.37. The van der Waals surface area contributed by atoms with Gasteiger partial charge in [0.15, 0.2) is 0 Å². The Kier molecular flexibility index (Phi) is 4.12. The van der Waals surface area contributed by atoms with Crippen LogP contribution >= 0.6 is 0 Å². The molecule has 21 heavy (non-hydrogen) atoms. The van der Waals surface area contributed by atoms with Crippen molar-refractivity contribution in [3.63, 3.8) is 0 Å². The molecule has 2 aromatic carbocycles. The van der Waals surface area contributed by atoms with E-state index in [4.69, 9.17) is 0 Å². The Bertz CT molecular complexity index is 608. The van der Waals surface area contributed by atoms with Crippen molar-refractivity contribution in [2.45, 2.75) is 45.1 Å². The molecule has 0 amide bonds. The smallest absolute Gasteiger partial charge is 0.0576 e. The zero-order chi connectivity index (χ0) is 14.8. The second-order valence-electron chi connectivity index (χ2n) is 6.31. The Morgan fingerprint density at radius 1 is 1.00 bits per heavy atom. The van der Waals surface area contributed by atoms with Gasteiger partial charge in [0.2, 0.25) is 0 Å². The molecule has 1 fully saturated rings. The largest absolute Gasteiger partial charge is 0.309 e. The highest BCUT2D eigenvalue weighted by atomic mass is 14.9. The van der Waals surface area contributed by atoms with E-state index in [-0.39, 0.29) is 6.04 Å². The molecule has 2 aromatic rings. The average Bonchev–Trinajstić information content (AvgIpc) is 2.44. The van der Waals surface area contributed by atoms with Gasteiger partial charge < -0.3 is 5.32 Å². The molecule has 0 bridgehead atoms. The van der Waals surface area contributed by atoms with Gasteiger partial charge in [0.25, 0.3) is 0 Å². The van der Waals surface area contributed by atoms with Gasteiger partial charge in [0.05, 0.1) is 6.04 Å². The van der Waals surface area contributed by atoms with E-state index >= 15 is 0 Å². The van der Waals surface area contributed by atoms with Crippen LogP contribution in [0.2, 0.25) is 0 Å². The van der Waals surface area contributed by atoms with E-state index in [0.29, 0.717) is 0 Å². The molecule has 0 saturated heterocycles. The van der Waals surface area contributed by atoms with Crippen molar-refractivity contribution in [1.82, 2.24) is 5.32 Å². The first-order valence-electron chi connectivity index (χ1n) is 8.04. The summed E-state index contributed by atoms with van der Waals surface area (Å²) in [6.45, 7) is 4.41. The van der Waals surface area contributed by atoms with Crippen LogP contribution in [0.15, 0.2) is 42.5 Å². The van der Waals surface area contributed by atoms with Gasteiger partial charge in [0, 0.05) is 0 Å². The Morgan fingerprint density at radius 3 is 2.29 bits per heavy atom. The first-order chi connectivity index (χ1) is 10.2. The predicted molar refractivity (Wildman–Crippen MR) is 89.9 cm³/mol. The summed E-state index contributed by atoms with van der Waals surface area (Å²) in [5, 5.41) is 3.48. The van der Waals surface area contributed by atoms with E-state index in [1.54, 1.807) is 0 Å². The van der Waals surface area contributed by atoms with E-state index in [2.05, 4.69) is 61.6 Å². The van der Waals surface area contributed by atoms with Gasteiger partial charge in [-0.3, -0.25) is 0 Å². The van der Waals surface area contributed by atoms with Crippen molar-refractivity contribution in [2.24, 2.45) is 0 Å². The number of hydrogen-bond acceptors (Lipinski definition) is 1. The fraction of sp³-hybridized carbons (Fsp3) is 0.400. The summed E-state index contributed by atoms with van der Waals surface area (Å²) in [4.78, 5) is 0. The second-order valence-corrected chi connectivity index (χ2v) is 6.31. The molecule has 1 unspecified atom stereocenters. The molecule has 0 aromatic heterocycles. The summed E-state index contributed by atoms with van der Waals surface area (Å²) in [5.41, 5.74) is 7.00. The average molecular weight is 279 g/mol. The topological polar surface area (TPSA) is 12.0 Å². The quantitative estimate of drug-likeness (QED) is 0.841. The number of hydrogen-bond donors (Lipinski definition) is 1. The fourth-order valence-electron chi connectivity index (χ4n) is 3.29. The van der Waals surface area contributed by atoms with E-state index in [1.807, 2.05) is 7.05 Å². The van der Waals surface area contributed by atoms with Crippen LogP contribution in [0.25, 0.3) is 0 Å². The van der Waals surface area contributed by atoms with Gasteiger partial charge in [-0.05, 0) is 67.5 Å². The van der Waals surface area contributed by atoms with E-state index < -0.39 is 0 Å². The minimum atomic E-state index is 0.278. The fourth-order valence-corrected chi connectivity index (χ4v) is 3.29. The first kappa shape index (κ1) is 14.3. The third kappa shape index (κ3) is 2.75. The summed E-state index contributed by atoms with van der Waals surface area (Å²) >= 11 is 0. The maximum Gasteiger partial charge on any atom is 0.0576 e. The number of aryl methyl sites for hydroxylation is 1. The lowest BCUT2D eigenvalue weighted by molar-refractivity contribution is 0.419. The molecule has 1 saturated carbocycles. The van der Waals surface area contributed by atoms with Crippen LogP contribution < -0.4 is 5.32 Å². The van der Waals surface area contributed by atoms with E-state index in [9.17, 15) is 0 Å². The number of benzene rings is 2. The Labute approximate surface area is 128 Å². The third-order valence-electron chi connectivity index (χ3n) is 5.09. The van der Waals surface area contributed by atoms with Crippen molar-refractivity contribution in [3.05, 3.63) is 70.3 Å². The molecule has 0 heterocycles. The summed E-state index contributed by atoms with van der Waals surface area (Å²) < 4.78 is 0. The van der Waals surface area contributed by atoms with Crippen LogP contribution in [0, 0.1) is 13.8 Å². The summed E-state index contributed by atoms with van der Waals surface area (Å²) in [5.74, 6) is 0.813. The Morgan fingerprint density at radius 2 is 1.71 bits per heavy atom. The highest BCUT2D eigenvalue weighted by Gasteiger charge is 2.20. The molecule has 1 heteroatoms. The standard InChI is InChI=1S/C20H25N/c1-14-6-4-9-19(15(14)2)20(21-3)18-12-10-17(11-13-18)16-7-5-8-16/h4,6,9-13,16,20-21H,5,7-8H2,1-3H3. The third-order valence-corrected chi connectivity index (χ3v) is 5.09. The first-order valence-corrected chi connectivity index (χ1v) is 8.04. The van der Waals surface area contributed by atoms with Gasteiger partial charge in [-0.25, -0.2) is 0 Å². The predicted octanol–water partition coefficient (Wildman–Crippen LogP) is 4.88. The van der Waals surface area contributed by atoms with Gasteiger partial charge in [-0.2, -0.15) is 0 Å². The minimum absolute atomic E-state index is 0.278. The van der Waals surface area contributed by atoms with Gasteiger partial charge in [-0.1, -0.05) is 48.9 Å². The van der Waals surface area contributed by atoms with Crippen LogP contribution in [0.1, 0.15) is 59.0 Å². The lowest BCUT2D eigenvalue weighted by Gasteiger charge is -2.26. The molecule has 110 valence electrons.